The lowest BCUT2D eigenvalue weighted by atomic mass is 10.2. The van der Waals surface area contributed by atoms with Gasteiger partial charge in [0.2, 0.25) is 0 Å². The summed E-state index contributed by atoms with van der Waals surface area (Å²) in [4.78, 5) is 12.2. The van der Waals surface area contributed by atoms with Crippen molar-refractivity contribution in [2.24, 2.45) is 0 Å². The number of carbonyl (C=O) groups excluding carboxylic acids is 1. The fourth-order valence-electron chi connectivity index (χ4n) is 1.93. The molecule has 1 aromatic carbocycles. The Balaban J connectivity index is 2.07. The highest BCUT2D eigenvalue weighted by molar-refractivity contribution is 6.06. The highest BCUT2D eigenvalue weighted by Gasteiger charge is 2.16. The number of nitrogens with one attached hydrogen (secondary N) is 1. The molecular weight excluding hydrogens is 268 g/mol. The van der Waals surface area contributed by atoms with E-state index in [-0.39, 0.29) is 5.91 Å². The molecule has 0 spiro atoms. The third kappa shape index (κ3) is 3.53. The number of aromatic nitrogens is 2. The number of aryl methyl sites for hydroxylation is 1. The molecule has 21 heavy (non-hydrogen) atoms. The highest BCUT2D eigenvalue weighted by atomic mass is 16.5. The summed E-state index contributed by atoms with van der Waals surface area (Å²) in [7, 11) is 0. The summed E-state index contributed by atoms with van der Waals surface area (Å²) in [5, 5.41) is 6.86. The molecule has 0 aliphatic rings. The number of nitrogens with zero attached hydrogens (tertiary/aromatic N) is 2. The summed E-state index contributed by atoms with van der Waals surface area (Å²) in [5.41, 5.74) is 7.22. The van der Waals surface area contributed by atoms with Gasteiger partial charge in [-0.05, 0) is 37.6 Å². The van der Waals surface area contributed by atoms with Gasteiger partial charge >= 0.3 is 0 Å². The molecule has 0 saturated carbocycles. The van der Waals surface area contributed by atoms with E-state index in [2.05, 4.69) is 17.3 Å². The molecule has 2 aromatic rings. The van der Waals surface area contributed by atoms with Crippen LogP contribution in [0, 0.1) is 0 Å². The first-order valence-corrected chi connectivity index (χ1v) is 7.01. The van der Waals surface area contributed by atoms with Crippen LogP contribution in [0.5, 0.6) is 5.75 Å². The predicted octanol–water partition coefficient (Wildman–Crippen LogP) is 2.53. The van der Waals surface area contributed by atoms with Crippen LogP contribution >= 0.6 is 0 Å². The molecule has 0 fully saturated rings. The molecule has 112 valence electrons. The Bertz CT molecular complexity index is 605. The minimum atomic E-state index is -0.269. The zero-order chi connectivity index (χ0) is 15.2. The van der Waals surface area contributed by atoms with Gasteiger partial charge in [0.05, 0.1) is 18.5 Å². The van der Waals surface area contributed by atoms with Crippen LogP contribution in [0.15, 0.2) is 30.5 Å². The van der Waals surface area contributed by atoms with E-state index in [1.807, 2.05) is 19.1 Å². The van der Waals surface area contributed by atoms with Crippen molar-refractivity contribution in [3.05, 3.63) is 36.2 Å². The van der Waals surface area contributed by atoms with Crippen molar-refractivity contribution in [3.63, 3.8) is 0 Å². The topological polar surface area (TPSA) is 82.2 Å². The van der Waals surface area contributed by atoms with Crippen LogP contribution in [-0.4, -0.2) is 22.3 Å². The first kappa shape index (κ1) is 14.9. The summed E-state index contributed by atoms with van der Waals surface area (Å²) in [6.07, 6.45) is 2.44. The van der Waals surface area contributed by atoms with E-state index in [0.717, 1.165) is 12.2 Å². The molecular formula is C15H20N4O2. The summed E-state index contributed by atoms with van der Waals surface area (Å²) in [6, 6.07) is 7.25. The van der Waals surface area contributed by atoms with Crippen molar-refractivity contribution in [2.75, 3.05) is 17.7 Å². The number of rotatable bonds is 6. The molecule has 0 saturated heterocycles. The Morgan fingerprint density at radius 1 is 1.33 bits per heavy atom. The minimum absolute atomic E-state index is 0.269. The zero-order valence-electron chi connectivity index (χ0n) is 12.3. The number of nitrogen functional groups attached to an aromatic ring is 1. The molecule has 6 heteroatoms. The lowest BCUT2D eigenvalue weighted by Crippen LogP contribution is -2.18. The van der Waals surface area contributed by atoms with Gasteiger partial charge in [-0.2, -0.15) is 5.10 Å². The Labute approximate surface area is 123 Å². The second-order valence-electron chi connectivity index (χ2n) is 4.59. The quantitative estimate of drug-likeness (QED) is 0.855. The SMILES string of the molecule is CCCOc1ccc(NC(=O)c2c(N)cnn2CC)cc1. The minimum Gasteiger partial charge on any atom is -0.494 e. The summed E-state index contributed by atoms with van der Waals surface area (Å²) >= 11 is 0. The van der Waals surface area contributed by atoms with E-state index < -0.39 is 0 Å². The second-order valence-corrected chi connectivity index (χ2v) is 4.59. The van der Waals surface area contributed by atoms with E-state index >= 15 is 0 Å². The lowest BCUT2D eigenvalue weighted by molar-refractivity contribution is 0.101. The lowest BCUT2D eigenvalue weighted by Gasteiger charge is -2.09. The molecule has 0 atom stereocenters. The number of ether oxygens (including phenoxy) is 1. The van der Waals surface area contributed by atoms with Gasteiger partial charge in [-0.25, -0.2) is 0 Å². The largest absolute Gasteiger partial charge is 0.494 e. The highest BCUT2D eigenvalue weighted by Crippen LogP contribution is 2.18. The molecule has 0 radical (unpaired) electrons. The normalized spacial score (nSPS) is 10.4. The van der Waals surface area contributed by atoms with Crippen molar-refractivity contribution in [3.8, 4) is 5.75 Å². The van der Waals surface area contributed by atoms with Crippen molar-refractivity contribution in [1.29, 1.82) is 0 Å². The van der Waals surface area contributed by atoms with E-state index in [9.17, 15) is 4.79 Å². The Kier molecular flexibility index (Phi) is 4.81. The monoisotopic (exact) mass is 288 g/mol. The van der Waals surface area contributed by atoms with Crippen LogP contribution in [-0.2, 0) is 6.54 Å². The van der Waals surface area contributed by atoms with Crippen LogP contribution in [0.25, 0.3) is 0 Å². The van der Waals surface area contributed by atoms with Gasteiger partial charge in [0.15, 0.2) is 0 Å². The maximum Gasteiger partial charge on any atom is 0.276 e. The maximum absolute atomic E-state index is 12.2. The molecule has 0 aliphatic heterocycles. The maximum atomic E-state index is 12.2. The first-order chi connectivity index (χ1) is 10.2. The summed E-state index contributed by atoms with van der Waals surface area (Å²) in [6.45, 7) is 5.22. The Hall–Kier alpha value is -2.50. The van der Waals surface area contributed by atoms with Crippen molar-refractivity contribution in [2.45, 2.75) is 26.8 Å². The fourth-order valence-corrected chi connectivity index (χ4v) is 1.93. The predicted molar refractivity (Wildman–Crippen MR) is 82.5 cm³/mol. The number of amides is 1. The number of hydrogen-bond donors (Lipinski definition) is 2. The van der Waals surface area contributed by atoms with Crippen molar-refractivity contribution >= 4 is 17.3 Å². The standard InChI is InChI=1S/C15H20N4O2/c1-3-9-21-12-7-5-11(6-8-12)18-15(20)14-13(16)10-17-19(14)4-2/h5-8,10H,3-4,9,16H2,1-2H3,(H,18,20). The third-order valence-electron chi connectivity index (χ3n) is 2.97. The van der Waals surface area contributed by atoms with E-state index in [1.54, 1.807) is 16.8 Å². The van der Waals surface area contributed by atoms with Crippen LogP contribution in [0.4, 0.5) is 11.4 Å². The van der Waals surface area contributed by atoms with E-state index in [4.69, 9.17) is 10.5 Å². The molecule has 1 amide bonds. The number of anilines is 2. The van der Waals surface area contributed by atoms with Gasteiger partial charge in [0.25, 0.3) is 5.91 Å². The van der Waals surface area contributed by atoms with Crippen LogP contribution in [0.2, 0.25) is 0 Å². The Morgan fingerprint density at radius 2 is 2.05 bits per heavy atom. The van der Waals surface area contributed by atoms with E-state index in [0.29, 0.717) is 30.2 Å². The molecule has 0 aliphatic carbocycles. The average molecular weight is 288 g/mol. The van der Waals surface area contributed by atoms with E-state index in [1.165, 1.54) is 6.20 Å². The first-order valence-electron chi connectivity index (χ1n) is 7.01. The van der Waals surface area contributed by atoms with Crippen LogP contribution < -0.4 is 15.8 Å². The molecule has 1 aromatic heterocycles. The Morgan fingerprint density at radius 3 is 2.67 bits per heavy atom. The molecule has 1 heterocycles. The number of carbonyl (C=O) groups is 1. The molecule has 0 unspecified atom stereocenters. The molecule has 3 N–H and O–H groups in total. The number of nitrogens with two attached hydrogens (primary N) is 1. The van der Waals surface area contributed by atoms with Crippen molar-refractivity contribution < 1.29 is 9.53 Å². The van der Waals surface area contributed by atoms with Gasteiger partial charge in [-0.3, -0.25) is 9.48 Å². The van der Waals surface area contributed by atoms with Gasteiger partial charge in [-0.1, -0.05) is 6.92 Å². The van der Waals surface area contributed by atoms with Gasteiger partial charge < -0.3 is 15.8 Å². The molecule has 6 nitrogen and oxygen atoms in total. The second kappa shape index (κ2) is 6.78. The van der Waals surface area contributed by atoms with Crippen LogP contribution in [0.3, 0.4) is 0 Å². The van der Waals surface area contributed by atoms with Crippen LogP contribution in [0.1, 0.15) is 30.8 Å². The summed E-state index contributed by atoms with van der Waals surface area (Å²) < 4.78 is 7.07. The number of benzene rings is 1. The van der Waals surface area contributed by atoms with Crippen molar-refractivity contribution in [1.82, 2.24) is 9.78 Å². The smallest absolute Gasteiger partial charge is 0.276 e. The van der Waals surface area contributed by atoms with Gasteiger partial charge in [0, 0.05) is 12.2 Å². The zero-order valence-corrected chi connectivity index (χ0v) is 12.3. The summed E-state index contributed by atoms with van der Waals surface area (Å²) in [5.74, 6) is 0.516. The third-order valence-corrected chi connectivity index (χ3v) is 2.97. The average Bonchev–Trinajstić information content (AvgIpc) is 2.87. The van der Waals surface area contributed by atoms with Gasteiger partial charge in [0.1, 0.15) is 11.4 Å². The van der Waals surface area contributed by atoms with Gasteiger partial charge in [-0.15, -0.1) is 0 Å². The number of hydrogen-bond acceptors (Lipinski definition) is 4. The fraction of sp³-hybridized carbons (Fsp3) is 0.333. The molecule has 0 bridgehead atoms. The molecule has 2 rings (SSSR count).